The maximum atomic E-state index is 11.8. The first-order valence-corrected chi connectivity index (χ1v) is 11.9. The fourth-order valence-electron chi connectivity index (χ4n) is 3.76. The lowest BCUT2D eigenvalue weighted by Gasteiger charge is -2.14. The van der Waals surface area contributed by atoms with Gasteiger partial charge in [0.15, 0.2) is 11.5 Å². The summed E-state index contributed by atoms with van der Waals surface area (Å²) in [4.78, 5) is 11.8. The first kappa shape index (κ1) is 26.1. The smallest absolute Gasteiger partial charge is 0.220 e. The number of nitrogens with two attached hydrogens (primary N) is 1. The summed E-state index contributed by atoms with van der Waals surface area (Å²) in [6.45, 7) is 2.26. The Morgan fingerprint density at radius 2 is 1.60 bits per heavy atom. The van der Waals surface area contributed by atoms with Gasteiger partial charge in [-0.05, 0) is 56.2 Å². The molecule has 1 aromatic rings. The van der Waals surface area contributed by atoms with Crippen molar-refractivity contribution in [3.8, 4) is 11.5 Å². The highest BCUT2D eigenvalue weighted by Crippen LogP contribution is 2.28. The van der Waals surface area contributed by atoms with Crippen molar-refractivity contribution in [1.29, 1.82) is 0 Å². The molecular weight excluding hydrogens is 374 g/mol. The summed E-state index contributed by atoms with van der Waals surface area (Å²) in [5, 5.41) is 9.70. The van der Waals surface area contributed by atoms with E-state index in [2.05, 4.69) is 19.1 Å². The number of phenolic OH excluding ortho intramolecular Hbond substituents is 1. The van der Waals surface area contributed by atoms with Gasteiger partial charge < -0.3 is 15.6 Å². The zero-order valence-corrected chi connectivity index (χ0v) is 19.2. The molecule has 1 unspecified atom stereocenters. The van der Waals surface area contributed by atoms with Crippen LogP contribution < -0.4 is 10.5 Å². The second-order valence-corrected chi connectivity index (χ2v) is 8.33. The molecule has 0 spiro atoms. The molecule has 0 saturated carbocycles. The highest BCUT2D eigenvalue weighted by Gasteiger charge is 2.16. The average Bonchev–Trinajstić information content (AvgIpc) is 2.74. The number of benzene rings is 1. The Morgan fingerprint density at radius 1 is 1.00 bits per heavy atom. The number of carbonyl (C=O) groups is 1. The summed E-state index contributed by atoms with van der Waals surface area (Å²) in [7, 11) is 1.52. The molecule has 4 heteroatoms. The third kappa shape index (κ3) is 11.9. The number of unbranched alkanes of at least 4 members (excludes halogenated alkanes) is 10. The van der Waals surface area contributed by atoms with Gasteiger partial charge in [-0.1, -0.05) is 76.5 Å². The molecule has 4 nitrogen and oxygen atoms in total. The van der Waals surface area contributed by atoms with Gasteiger partial charge in [-0.15, -0.1) is 0 Å². The predicted molar refractivity (Wildman–Crippen MR) is 126 cm³/mol. The van der Waals surface area contributed by atoms with E-state index in [9.17, 15) is 9.90 Å². The Hall–Kier alpha value is -1.97. The number of hydrogen-bond acceptors (Lipinski definition) is 3. The minimum absolute atomic E-state index is 0.109. The minimum atomic E-state index is -0.250. The van der Waals surface area contributed by atoms with Crippen LogP contribution in [0.5, 0.6) is 11.5 Å². The molecule has 0 bridgehead atoms. The molecule has 170 valence electrons. The third-order valence-electron chi connectivity index (χ3n) is 5.69. The van der Waals surface area contributed by atoms with Crippen LogP contribution in [0.2, 0.25) is 0 Å². The van der Waals surface area contributed by atoms with E-state index in [-0.39, 0.29) is 17.6 Å². The van der Waals surface area contributed by atoms with E-state index in [0.717, 1.165) is 31.2 Å². The Morgan fingerprint density at radius 3 is 2.20 bits per heavy atom. The first-order chi connectivity index (χ1) is 14.6. The second-order valence-electron chi connectivity index (χ2n) is 8.33. The molecule has 1 aromatic carbocycles. The van der Waals surface area contributed by atoms with Crippen molar-refractivity contribution in [1.82, 2.24) is 0 Å². The van der Waals surface area contributed by atoms with Gasteiger partial charge in [-0.3, -0.25) is 4.79 Å². The standard InChI is InChI=1S/C26H43NO3/c1-3-4-5-6-7-8-9-10-11-12-13-14-15-16-17-23(26(27)29)20-22-18-19-24(28)25(21-22)30-2/h10-11,18-19,21,23,28H,3-9,12-17,20H2,1-2H3,(H2,27,29)/b11-10-. The Balaban J connectivity index is 2.13. The summed E-state index contributed by atoms with van der Waals surface area (Å²) >= 11 is 0. The Bertz CT molecular complexity index is 612. The zero-order chi connectivity index (χ0) is 22.0. The fourth-order valence-corrected chi connectivity index (χ4v) is 3.76. The Labute approximate surface area is 183 Å². The number of hydrogen-bond donors (Lipinski definition) is 2. The molecule has 0 aliphatic heterocycles. The first-order valence-electron chi connectivity index (χ1n) is 11.9. The number of rotatable bonds is 18. The van der Waals surface area contributed by atoms with Crippen molar-refractivity contribution in [2.24, 2.45) is 11.7 Å². The summed E-state index contributed by atoms with van der Waals surface area (Å²) in [6.07, 6.45) is 21.2. The normalized spacial score (nSPS) is 12.3. The predicted octanol–water partition coefficient (Wildman–Crippen LogP) is 6.69. The molecule has 3 N–H and O–H groups in total. The molecule has 0 saturated heterocycles. The molecular formula is C26H43NO3. The van der Waals surface area contributed by atoms with E-state index in [0.29, 0.717) is 12.2 Å². The highest BCUT2D eigenvalue weighted by atomic mass is 16.5. The third-order valence-corrected chi connectivity index (χ3v) is 5.69. The number of primary amides is 1. The van der Waals surface area contributed by atoms with Crippen molar-refractivity contribution in [2.45, 2.75) is 96.8 Å². The van der Waals surface area contributed by atoms with E-state index >= 15 is 0 Å². The van der Waals surface area contributed by atoms with Crippen LogP contribution in [0.3, 0.4) is 0 Å². The fraction of sp³-hybridized carbons (Fsp3) is 0.654. The summed E-state index contributed by atoms with van der Waals surface area (Å²) in [6, 6.07) is 5.21. The van der Waals surface area contributed by atoms with Gasteiger partial charge in [0.05, 0.1) is 7.11 Å². The lowest BCUT2D eigenvalue weighted by molar-refractivity contribution is -0.122. The van der Waals surface area contributed by atoms with Gasteiger partial charge in [0.25, 0.3) is 0 Å². The molecule has 0 heterocycles. The highest BCUT2D eigenvalue weighted by molar-refractivity contribution is 5.77. The van der Waals surface area contributed by atoms with E-state index < -0.39 is 0 Å². The van der Waals surface area contributed by atoms with Gasteiger partial charge in [-0.25, -0.2) is 0 Å². The quantitative estimate of drug-likeness (QED) is 0.206. The average molecular weight is 418 g/mol. The summed E-state index contributed by atoms with van der Waals surface area (Å²) in [5.41, 5.74) is 6.57. The van der Waals surface area contributed by atoms with Gasteiger partial charge in [-0.2, -0.15) is 0 Å². The molecule has 1 amide bonds. The van der Waals surface area contributed by atoms with Crippen LogP contribution in [0, 0.1) is 5.92 Å². The van der Waals surface area contributed by atoms with E-state index in [1.807, 2.05) is 6.07 Å². The lowest BCUT2D eigenvalue weighted by Crippen LogP contribution is -2.25. The second kappa shape index (κ2) is 16.8. The maximum absolute atomic E-state index is 11.8. The monoisotopic (exact) mass is 417 g/mol. The number of ether oxygens (including phenoxy) is 1. The zero-order valence-electron chi connectivity index (χ0n) is 19.2. The van der Waals surface area contributed by atoms with Gasteiger partial charge in [0, 0.05) is 5.92 Å². The number of aromatic hydroxyl groups is 1. The SMILES string of the molecule is CCCCCCCC/C=C\CCCCCCC(Cc1ccc(O)c(OC)c1)C(N)=O. The molecule has 0 fully saturated rings. The molecule has 0 aromatic heterocycles. The molecule has 1 rings (SSSR count). The van der Waals surface area contributed by atoms with Crippen molar-refractivity contribution in [3.05, 3.63) is 35.9 Å². The van der Waals surface area contributed by atoms with Crippen molar-refractivity contribution in [3.63, 3.8) is 0 Å². The number of methoxy groups -OCH3 is 1. The molecule has 0 aliphatic carbocycles. The lowest BCUT2D eigenvalue weighted by atomic mass is 9.92. The van der Waals surface area contributed by atoms with Gasteiger partial charge in [0.1, 0.15) is 0 Å². The minimum Gasteiger partial charge on any atom is -0.504 e. The molecule has 0 aliphatic rings. The number of carbonyl (C=O) groups excluding carboxylic acids is 1. The number of phenols is 1. The van der Waals surface area contributed by atoms with Gasteiger partial charge in [0.2, 0.25) is 5.91 Å². The van der Waals surface area contributed by atoms with E-state index in [1.54, 1.807) is 12.1 Å². The van der Waals surface area contributed by atoms with Crippen LogP contribution in [0.1, 0.15) is 96.0 Å². The molecule has 0 radical (unpaired) electrons. The molecule has 30 heavy (non-hydrogen) atoms. The van der Waals surface area contributed by atoms with Gasteiger partial charge >= 0.3 is 0 Å². The van der Waals surface area contributed by atoms with Crippen LogP contribution in [-0.2, 0) is 11.2 Å². The van der Waals surface area contributed by atoms with Crippen LogP contribution >= 0.6 is 0 Å². The summed E-state index contributed by atoms with van der Waals surface area (Å²) in [5.74, 6) is 0.120. The largest absolute Gasteiger partial charge is 0.504 e. The topological polar surface area (TPSA) is 72.6 Å². The van der Waals surface area contributed by atoms with Crippen LogP contribution in [-0.4, -0.2) is 18.1 Å². The van der Waals surface area contributed by atoms with Crippen molar-refractivity contribution < 1.29 is 14.6 Å². The van der Waals surface area contributed by atoms with Crippen LogP contribution in [0.15, 0.2) is 30.4 Å². The number of amides is 1. The molecule has 1 atom stereocenters. The van der Waals surface area contributed by atoms with Crippen LogP contribution in [0.25, 0.3) is 0 Å². The van der Waals surface area contributed by atoms with E-state index in [1.165, 1.54) is 64.9 Å². The Kier molecular flexibility index (Phi) is 14.6. The van der Waals surface area contributed by atoms with Crippen molar-refractivity contribution >= 4 is 5.91 Å². The number of allylic oxidation sites excluding steroid dienone is 2. The summed E-state index contributed by atoms with van der Waals surface area (Å²) < 4.78 is 5.14. The van der Waals surface area contributed by atoms with Crippen molar-refractivity contribution in [2.75, 3.05) is 7.11 Å². The van der Waals surface area contributed by atoms with Crippen LogP contribution in [0.4, 0.5) is 0 Å². The van der Waals surface area contributed by atoms with E-state index in [4.69, 9.17) is 10.5 Å². The maximum Gasteiger partial charge on any atom is 0.220 e.